The summed E-state index contributed by atoms with van der Waals surface area (Å²) >= 11 is 0. The second kappa shape index (κ2) is 8.34. The summed E-state index contributed by atoms with van der Waals surface area (Å²) < 4.78 is 27.5. The maximum absolute atomic E-state index is 12.3. The first kappa shape index (κ1) is 20.4. The molecule has 0 bridgehead atoms. The summed E-state index contributed by atoms with van der Waals surface area (Å²) in [4.78, 5) is 20.0. The smallest absolute Gasteiger partial charge is 0.335 e. The van der Waals surface area contributed by atoms with Crippen LogP contribution in [0.3, 0.4) is 0 Å². The van der Waals surface area contributed by atoms with Crippen molar-refractivity contribution in [2.75, 3.05) is 27.2 Å². The second-order valence-electron chi connectivity index (χ2n) is 7.14. The van der Waals surface area contributed by atoms with Crippen LogP contribution < -0.4 is 0 Å². The van der Waals surface area contributed by atoms with E-state index in [2.05, 4.69) is 9.97 Å². The van der Waals surface area contributed by atoms with Gasteiger partial charge >= 0.3 is 5.97 Å². The van der Waals surface area contributed by atoms with Gasteiger partial charge in [0.05, 0.1) is 23.1 Å². The number of hydrogen-bond acceptors (Lipinski definition) is 5. The summed E-state index contributed by atoms with van der Waals surface area (Å²) in [6, 6.07) is 6.57. The molecule has 1 aromatic carbocycles. The zero-order chi connectivity index (χ0) is 20.3. The third kappa shape index (κ3) is 4.54. The van der Waals surface area contributed by atoms with Gasteiger partial charge in [0.15, 0.2) is 0 Å². The third-order valence-corrected chi connectivity index (χ3v) is 6.78. The van der Waals surface area contributed by atoms with E-state index in [0.29, 0.717) is 30.8 Å². The van der Waals surface area contributed by atoms with E-state index < -0.39 is 16.2 Å². The Hall–Kier alpha value is -2.36. The molecule has 9 heteroatoms. The Kier molecular flexibility index (Phi) is 6.07. The van der Waals surface area contributed by atoms with Crippen LogP contribution in [0.5, 0.6) is 0 Å². The van der Waals surface area contributed by atoms with E-state index in [1.807, 2.05) is 0 Å². The van der Waals surface area contributed by atoms with Crippen molar-refractivity contribution < 1.29 is 18.3 Å². The van der Waals surface area contributed by atoms with Crippen LogP contribution in [-0.2, 0) is 16.6 Å². The van der Waals surface area contributed by atoms with E-state index in [1.165, 1.54) is 14.7 Å². The van der Waals surface area contributed by atoms with Crippen molar-refractivity contribution in [1.82, 2.24) is 18.6 Å². The number of carboxylic acids is 1. The van der Waals surface area contributed by atoms with Gasteiger partial charge in [-0.25, -0.2) is 4.79 Å². The molecule has 1 aromatic heterocycles. The van der Waals surface area contributed by atoms with Gasteiger partial charge in [0.25, 0.3) is 10.2 Å². The number of aromatic carboxylic acids is 1. The van der Waals surface area contributed by atoms with E-state index in [4.69, 9.17) is 5.11 Å². The third-order valence-electron chi connectivity index (χ3n) is 4.88. The summed E-state index contributed by atoms with van der Waals surface area (Å²) in [7, 11) is -0.308. The van der Waals surface area contributed by atoms with Crippen molar-refractivity contribution in [1.29, 1.82) is 0 Å². The molecular weight excluding hydrogens is 380 g/mol. The van der Waals surface area contributed by atoms with Crippen molar-refractivity contribution >= 4 is 16.2 Å². The summed E-state index contributed by atoms with van der Waals surface area (Å²) in [6.07, 6.45) is 5.74. The zero-order valence-electron chi connectivity index (χ0n) is 15.9. The number of benzene rings is 1. The summed E-state index contributed by atoms with van der Waals surface area (Å²) in [6.45, 7) is 1.02. The largest absolute Gasteiger partial charge is 0.478 e. The van der Waals surface area contributed by atoms with Crippen molar-refractivity contribution in [3.8, 4) is 11.3 Å². The van der Waals surface area contributed by atoms with E-state index >= 15 is 0 Å². The van der Waals surface area contributed by atoms with E-state index in [-0.39, 0.29) is 11.5 Å². The first-order chi connectivity index (χ1) is 13.3. The highest BCUT2D eigenvalue weighted by molar-refractivity contribution is 7.86. The van der Waals surface area contributed by atoms with Gasteiger partial charge in [-0.3, -0.25) is 9.97 Å². The summed E-state index contributed by atoms with van der Waals surface area (Å²) in [5.74, 6) is -0.792. The molecule has 1 atom stereocenters. The number of aromatic nitrogens is 2. The molecular formula is C19H24N4O4S. The molecule has 1 aliphatic rings. The molecule has 150 valence electrons. The van der Waals surface area contributed by atoms with Crippen LogP contribution in [0.1, 0.15) is 28.9 Å². The fraction of sp³-hybridized carbons (Fsp3) is 0.421. The average Bonchev–Trinajstić information content (AvgIpc) is 2.69. The fourth-order valence-corrected chi connectivity index (χ4v) is 4.57. The SMILES string of the molecule is CN(C)S(=O)(=O)N1CCC[C@H](Cc2cnc(-c3cccc(C(=O)O)c3)cn2)C1. The average molecular weight is 404 g/mol. The van der Waals surface area contributed by atoms with Crippen molar-refractivity contribution in [3.05, 3.63) is 47.9 Å². The van der Waals surface area contributed by atoms with Gasteiger partial charge in [-0.1, -0.05) is 12.1 Å². The lowest BCUT2D eigenvalue weighted by atomic mass is 9.95. The molecule has 1 fully saturated rings. The Balaban J connectivity index is 1.69. The standard InChI is InChI=1S/C19H24N4O4S/c1-22(2)28(26,27)23-8-4-5-14(13-23)9-17-11-21-18(12-20-17)15-6-3-7-16(10-15)19(24)25/h3,6-7,10-12,14H,4-5,8-9,13H2,1-2H3,(H,24,25)/t14-/m1/s1. The monoisotopic (exact) mass is 404 g/mol. The molecule has 2 heterocycles. The van der Waals surface area contributed by atoms with Crippen LogP contribution in [0.2, 0.25) is 0 Å². The number of rotatable bonds is 6. The van der Waals surface area contributed by atoms with Gasteiger partial charge in [-0.15, -0.1) is 0 Å². The van der Waals surface area contributed by atoms with Crippen LogP contribution in [0.25, 0.3) is 11.3 Å². The molecule has 2 aromatic rings. The van der Waals surface area contributed by atoms with Crippen molar-refractivity contribution in [2.24, 2.45) is 5.92 Å². The van der Waals surface area contributed by atoms with Crippen LogP contribution in [0.15, 0.2) is 36.7 Å². The molecule has 28 heavy (non-hydrogen) atoms. The van der Waals surface area contributed by atoms with E-state index in [9.17, 15) is 13.2 Å². The molecule has 0 spiro atoms. The molecule has 1 aliphatic heterocycles. The maximum Gasteiger partial charge on any atom is 0.335 e. The van der Waals surface area contributed by atoms with Gasteiger partial charge in [0, 0.05) is 38.9 Å². The van der Waals surface area contributed by atoms with E-state index in [0.717, 1.165) is 18.5 Å². The summed E-state index contributed by atoms with van der Waals surface area (Å²) in [5.41, 5.74) is 2.30. The van der Waals surface area contributed by atoms with Gasteiger partial charge in [0.2, 0.25) is 0 Å². The highest BCUT2D eigenvalue weighted by Crippen LogP contribution is 2.24. The number of nitrogens with zero attached hydrogens (tertiary/aromatic N) is 4. The van der Waals surface area contributed by atoms with Crippen LogP contribution in [-0.4, -0.2) is 65.3 Å². The topological polar surface area (TPSA) is 104 Å². The highest BCUT2D eigenvalue weighted by Gasteiger charge is 2.30. The highest BCUT2D eigenvalue weighted by atomic mass is 32.2. The lowest BCUT2D eigenvalue weighted by molar-refractivity contribution is 0.0697. The molecule has 0 aliphatic carbocycles. The molecule has 0 saturated carbocycles. The zero-order valence-corrected chi connectivity index (χ0v) is 16.8. The van der Waals surface area contributed by atoms with E-state index in [1.54, 1.807) is 44.7 Å². The summed E-state index contributed by atoms with van der Waals surface area (Å²) in [5, 5.41) is 9.11. The first-order valence-corrected chi connectivity index (χ1v) is 10.5. The molecule has 3 rings (SSSR count). The van der Waals surface area contributed by atoms with Crippen LogP contribution >= 0.6 is 0 Å². The minimum absolute atomic E-state index is 0.193. The fourth-order valence-electron chi connectivity index (χ4n) is 3.35. The molecule has 1 N–H and O–H groups in total. The van der Waals surface area contributed by atoms with Gasteiger partial charge < -0.3 is 5.11 Å². The Morgan fingerprint density at radius 1 is 1.29 bits per heavy atom. The number of piperidine rings is 1. The second-order valence-corrected chi connectivity index (χ2v) is 9.28. The Morgan fingerprint density at radius 3 is 2.71 bits per heavy atom. The van der Waals surface area contributed by atoms with Crippen molar-refractivity contribution in [2.45, 2.75) is 19.3 Å². The predicted molar refractivity (Wildman–Crippen MR) is 105 cm³/mol. The molecule has 0 amide bonds. The quantitative estimate of drug-likeness (QED) is 0.789. The Bertz CT molecular complexity index is 945. The number of carboxylic acid groups (broad SMARTS) is 1. The van der Waals surface area contributed by atoms with Crippen LogP contribution in [0.4, 0.5) is 0 Å². The first-order valence-electron chi connectivity index (χ1n) is 9.09. The Labute approximate surface area is 165 Å². The molecule has 1 saturated heterocycles. The normalized spacial score (nSPS) is 18.3. The van der Waals surface area contributed by atoms with Gasteiger partial charge in [-0.05, 0) is 37.3 Å². The molecule has 0 radical (unpaired) electrons. The maximum atomic E-state index is 12.3. The lowest BCUT2D eigenvalue weighted by Crippen LogP contribution is -2.45. The van der Waals surface area contributed by atoms with Crippen LogP contribution in [0, 0.1) is 5.92 Å². The number of carbonyl (C=O) groups is 1. The van der Waals surface area contributed by atoms with Gasteiger partial charge in [0.1, 0.15) is 0 Å². The predicted octanol–water partition coefficient (Wildman–Crippen LogP) is 1.90. The number of hydrogen-bond donors (Lipinski definition) is 1. The van der Waals surface area contributed by atoms with Crippen molar-refractivity contribution in [3.63, 3.8) is 0 Å². The molecule has 8 nitrogen and oxygen atoms in total. The Morgan fingerprint density at radius 2 is 2.07 bits per heavy atom. The lowest BCUT2D eigenvalue weighted by Gasteiger charge is -2.33. The minimum Gasteiger partial charge on any atom is -0.478 e. The van der Waals surface area contributed by atoms with Gasteiger partial charge in [-0.2, -0.15) is 17.0 Å². The molecule has 0 unspecified atom stereocenters. The minimum atomic E-state index is -3.40.